The largest absolute Gasteiger partial charge is 0.374 e. The van der Waals surface area contributed by atoms with Crippen LogP contribution in [-0.4, -0.2) is 52.8 Å². The van der Waals surface area contributed by atoms with E-state index in [2.05, 4.69) is 45.3 Å². The van der Waals surface area contributed by atoms with Gasteiger partial charge in [-0.2, -0.15) is 0 Å². The lowest BCUT2D eigenvalue weighted by molar-refractivity contribution is -0.136. The number of rotatable bonds is 14. The summed E-state index contributed by atoms with van der Waals surface area (Å²) in [6.07, 6.45) is 2.11. The molecule has 0 saturated heterocycles. The van der Waals surface area contributed by atoms with Crippen LogP contribution < -0.4 is 10.6 Å². The highest BCUT2D eigenvalue weighted by atomic mass is 32.2. The molecular formula is C23H46N2O4S. The number of amides is 2. The van der Waals surface area contributed by atoms with Crippen LogP contribution >= 0.6 is 0 Å². The van der Waals surface area contributed by atoms with Gasteiger partial charge in [0.15, 0.2) is 0 Å². The van der Waals surface area contributed by atoms with Crippen molar-refractivity contribution in [3.05, 3.63) is 0 Å². The third-order valence-electron chi connectivity index (χ3n) is 4.65. The predicted molar refractivity (Wildman–Crippen MR) is 126 cm³/mol. The fraction of sp³-hybridized carbons (Fsp3) is 0.913. The quantitative estimate of drug-likeness (QED) is 0.426. The minimum absolute atomic E-state index is 0.0153. The second kappa shape index (κ2) is 12.8. The van der Waals surface area contributed by atoms with Crippen molar-refractivity contribution in [2.24, 2.45) is 16.7 Å². The van der Waals surface area contributed by atoms with Crippen LogP contribution in [0.15, 0.2) is 0 Å². The molecule has 0 saturated carbocycles. The van der Waals surface area contributed by atoms with E-state index in [1.807, 2.05) is 27.7 Å². The predicted octanol–water partition coefficient (Wildman–Crippen LogP) is 3.66. The van der Waals surface area contributed by atoms with Crippen LogP contribution in [0.5, 0.6) is 0 Å². The Morgan fingerprint density at radius 2 is 1.57 bits per heavy atom. The second-order valence-corrected chi connectivity index (χ2v) is 12.6. The zero-order chi connectivity index (χ0) is 23.6. The van der Waals surface area contributed by atoms with E-state index in [0.717, 1.165) is 6.42 Å². The van der Waals surface area contributed by atoms with Crippen LogP contribution in [0.3, 0.4) is 0 Å². The molecule has 0 aromatic carbocycles. The molecule has 30 heavy (non-hydrogen) atoms. The molecule has 0 aliphatic carbocycles. The number of ether oxygens (including phenoxy) is 1. The molecule has 0 spiro atoms. The summed E-state index contributed by atoms with van der Waals surface area (Å²) in [6, 6.07) is 0. The maximum Gasteiger partial charge on any atom is 0.228 e. The van der Waals surface area contributed by atoms with Gasteiger partial charge >= 0.3 is 0 Å². The molecule has 1 atom stereocenters. The monoisotopic (exact) mass is 446 g/mol. The van der Waals surface area contributed by atoms with E-state index in [-0.39, 0.29) is 23.8 Å². The lowest BCUT2D eigenvalue weighted by Crippen LogP contribution is -2.44. The van der Waals surface area contributed by atoms with Gasteiger partial charge in [0.05, 0.1) is 17.6 Å². The summed E-state index contributed by atoms with van der Waals surface area (Å²) < 4.78 is 18.1. The topological polar surface area (TPSA) is 84.5 Å². The molecule has 1 unspecified atom stereocenters. The Morgan fingerprint density at radius 1 is 0.967 bits per heavy atom. The van der Waals surface area contributed by atoms with Crippen molar-refractivity contribution in [1.82, 2.24) is 10.6 Å². The first kappa shape index (κ1) is 29.1. The van der Waals surface area contributed by atoms with E-state index < -0.39 is 21.8 Å². The van der Waals surface area contributed by atoms with Crippen LogP contribution in [0, 0.1) is 16.7 Å². The van der Waals surface area contributed by atoms with Gasteiger partial charge in [-0.1, -0.05) is 34.6 Å². The molecule has 0 aliphatic heterocycles. The van der Waals surface area contributed by atoms with E-state index in [4.69, 9.17) is 4.74 Å². The summed E-state index contributed by atoms with van der Waals surface area (Å²) in [5.41, 5.74) is -1.12. The molecule has 0 radical (unpaired) electrons. The zero-order valence-corrected chi connectivity index (χ0v) is 21.6. The Labute approximate surface area is 187 Å². The summed E-state index contributed by atoms with van der Waals surface area (Å²) in [5.74, 6) is 1.57. The lowest BCUT2D eigenvalue weighted by atomic mass is 9.93. The highest BCUT2D eigenvalue weighted by molar-refractivity contribution is 7.85. The molecule has 2 amide bonds. The van der Waals surface area contributed by atoms with Crippen molar-refractivity contribution in [2.75, 3.05) is 31.2 Å². The third-order valence-corrected chi connectivity index (χ3v) is 6.49. The van der Waals surface area contributed by atoms with E-state index >= 15 is 0 Å². The first-order chi connectivity index (χ1) is 13.5. The van der Waals surface area contributed by atoms with Gasteiger partial charge in [-0.05, 0) is 51.9 Å². The number of carbonyl (C=O) groups excluding carboxylic acids is 2. The van der Waals surface area contributed by atoms with E-state index in [9.17, 15) is 13.8 Å². The van der Waals surface area contributed by atoms with Crippen LogP contribution in [0.1, 0.15) is 81.6 Å². The molecule has 0 bridgehead atoms. The van der Waals surface area contributed by atoms with Crippen molar-refractivity contribution >= 4 is 22.6 Å². The minimum Gasteiger partial charge on any atom is -0.374 e. The molecule has 2 N–H and O–H groups in total. The highest BCUT2D eigenvalue weighted by Crippen LogP contribution is 2.22. The van der Waals surface area contributed by atoms with Gasteiger partial charge in [0.2, 0.25) is 11.8 Å². The van der Waals surface area contributed by atoms with Crippen molar-refractivity contribution in [1.29, 1.82) is 0 Å². The smallest absolute Gasteiger partial charge is 0.228 e. The SMILES string of the molecule is CC(C)CCC(=O)NCCC(C)(C)OCC(C)(C)C(=O)NCCS(=O)CC(C)(C)C. The molecule has 0 aromatic heterocycles. The van der Waals surface area contributed by atoms with E-state index in [0.29, 0.717) is 43.4 Å². The molecule has 6 nitrogen and oxygen atoms in total. The van der Waals surface area contributed by atoms with Gasteiger partial charge in [0.1, 0.15) is 0 Å². The Morgan fingerprint density at radius 3 is 2.10 bits per heavy atom. The van der Waals surface area contributed by atoms with Crippen LogP contribution in [0.4, 0.5) is 0 Å². The Balaban J connectivity index is 4.28. The van der Waals surface area contributed by atoms with Gasteiger partial charge in [0.25, 0.3) is 0 Å². The number of nitrogens with one attached hydrogen (secondary N) is 2. The summed E-state index contributed by atoms with van der Waals surface area (Å²) in [4.78, 5) is 24.4. The molecule has 0 rings (SSSR count). The van der Waals surface area contributed by atoms with Gasteiger partial charge in [0, 0.05) is 41.8 Å². The molecule has 7 heteroatoms. The first-order valence-corrected chi connectivity index (χ1v) is 12.6. The fourth-order valence-electron chi connectivity index (χ4n) is 2.60. The molecule has 178 valence electrons. The highest BCUT2D eigenvalue weighted by Gasteiger charge is 2.31. The zero-order valence-electron chi connectivity index (χ0n) is 20.8. The average Bonchev–Trinajstić information content (AvgIpc) is 2.56. The molecule has 0 heterocycles. The number of hydrogen-bond acceptors (Lipinski definition) is 4. The average molecular weight is 447 g/mol. The van der Waals surface area contributed by atoms with Crippen LogP contribution in [0.2, 0.25) is 0 Å². The van der Waals surface area contributed by atoms with Crippen molar-refractivity contribution < 1.29 is 18.5 Å². The number of hydrogen-bond donors (Lipinski definition) is 2. The minimum atomic E-state index is -0.943. The molecule has 0 aliphatic rings. The summed E-state index contributed by atoms with van der Waals surface area (Å²) in [7, 11) is -0.943. The number of carbonyl (C=O) groups is 2. The van der Waals surface area contributed by atoms with Gasteiger partial charge in [-0.25, -0.2) is 0 Å². The summed E-state index contributed by atoms with van der Waals surface area (Å²) in [6.45, 7) is 19.2. The van der Waals surface area contributed by atoms with Crippen LogP contribution in [0.25, 0.3) is 0 Å². The Kier molecular flexibility index (Phi) is 12.4. The second-order valence-electron chi connectivity index (χ2n) is 11.1. The Hall–Kier alpha value is -0.950. The Bertz CT molecular complexity index is 566. The van der Waals surface area contributed by atoms with Crippen molar-refractivity contribution in [2.45, 2.75) is 87.2 Å². The maximum absolute atomic E-state index is 12.5. The molecular weight excluding hydrogens is 400 g/mol. The molecule has 0 fully saturated rings. The third kappa shape index (κ3) is 14.9. The van der Waals surface area contributed by atoms with Crippen molar-refractivity contribution in [3.63, 3.8) is 0 Å². The van der Waals surface area contributed by atoms with Gasteiger partial charge in [-0.3, -0.25) is 13.8 Å². The van der Waals surface area contributed by atoms with E-state index in [1.54, 1.807) is 0 Å². The van der Waals surface area contributed by atoms with E-state index in [1.165, 1.54) is 0 Å². The summed E-state index contributed by atoms with van der Waals surface area (Å²) >= 11 is 0. The summed E-state index contributed by atoms with van der Waals surface area (Å²) in [5, 5.41) is 5.83. The normalized spacial score (nSPS) is 13.9. The maximum atomic E-state index is 12.5. The van der Waals surface area contributed by atoms with Crippen molar-refractivity contribution in [3.8, 4) is 0 Å². The lowest BCUT2D eigenvalue weighted by Gasteiger charge is -2.31. The van der Waals surface area contributed by atoms with Gasteiger partial charge < -0.3 is 15.4 Å². The fourth-order valence-corrected chi connectivity index (χ4v) is 4.04. The standard InChI is InChI=1S/C23H46N2O4S/c1-18(2)10-11-19(26)24-13-12-23(8,9)29-16-22(6,7)20(27)25-14-15-30(28)17-21(3,4)5/h18H,10-17H2,1-9H3,(H,24,26)(H,25,27). The molecule has 0 aromatic rings. The first-order valence-electron chi connectivity index (χ1n) is 11.1. The van der Waals surface area contributed by atoms with Crippen LogP contribution in [-0.2, 0) is 25.1 Å². The van der Waals surface area contributed by atoms with Gasteiger partial charge in [-0.15, -0.1) is 0 Å².